The van der Waals surface area contributed by atoms with Gasteiger partial charge in [-0.2, -0.15) is 0 Å². The standard InChI is InChI=1S/C19H42N2O2/c1-7-18(22,8-2)16-20(11-5)14-13-15-21(12-6)17-19(23,9-3)10-4/h22-23H,7-17H2,1-6H3. The fourth-order valence-corrected chi connectivity index (χ4v) is 3.00. The minimum atomic E-state index is -0.550. The highest BCUT2D eigenvalue weighted by atomic mass is 16.3. The van der Waals surface area contributed by atoms with Crippen LogP contribution < -0.4 is 0 Å². The highest BCUT2D eigenvalue weighted by Crippen LogP contribution is 2.18. The minimum absolute atomic E-state index is 0.550. The predicted octanol–water partition coefficient (Wildman–Crippen LogP) is 3.12. The maximum Gasteiger partial charge on any atom is 0.0768 e. The molecule has 23 heavy (non-hydrogen) atoms. The van der Waals surface area contributed by atoms with E-state index in [1.54, 1.807) is 0 Å². The van der Waals surface area contributed by atoms with E-state index in [1.165, 1.54) is 0 Å². The molecule has 4 heteroatoms. The van der Waals surface area contributed by atoms with E-state index >= 15 is 0 Å². The van der Waals surface area contributed by atoms with Crippen molar-refractivity contribution in [3.63, 3.8) is 0 Å². The van der Waals surface area contributed by atoms with E-state index in [0.717, 1.165) is 71.4 Å². The summed E-state index contributed by atoms with van der Waals surface area (Å²) in [5.41, 5.74) is -1.10. The molecule has 0 aromatic heterocycles. The zero-order chi connectivity index (χ0) is 17.9. The van der Waals surface area contributed by atoms with Crippen LogP contribution in [-0.4, -0.2) is 70.5 Å². The summed E-state index contributed by atoms with van der Waals surface area (Å²) in [7, 11) is 0. The third kappa shape index (κ3) is 8.48. The molecule has 0 radical (unpaired) electrons. The van der Waals surface area contributed by atoms with Gasteiger partial charge in [0.1, 0.15) is 0 Å². The first-order valence-electron chi connectivity index (χ1n) is 9.71. The van der Waals surface area contributed by atoms with Crippen LogP contribution in [0.2, 0.25) is 0 Å². The van der Waals surface area contributed by atoms with Crippen molar-refractivity contribution in [1.82, 2.24) is 9.80 Å². The van der Waals surface area contributed by atoms with Gasteiger partial charge in [-0.3, -0.25) is 0 Å². The average Bonchev–Trinajstić information content (AvgIpc) is 2.59. The van der Waals surface area contributed by atoms with Crippen LogP contribution in [0.5, 0.6) is 0 Å². The lowest BCUT2D eigenvalue weighted by Gasteiger charge is -2.34. The van der Waals surface area contributed by atoms with Gasteiger partial charge in [-0.25, -0.2) is 0 Å². The van der Waals surface area contributed by atoms with Crippen molar-refractivity contribution in [2.45, 2.75) is 84.8 Å². The lowest BCUT2D eigenvalue weighted by atomic mass is 9.96. The van der Waals surface area contributed by atoms with Crippen LogP contribution in [0.1, 0.15) is 73.6 Å². The maximum absolute atomic E-state index is 10.5. The summed E-state index contributed by atoms with van der Waals surface area (Å²) in [6, 6.07) is 0. The molecule has 0 saturated carbocycles. The molecular formula is C19H42N2O2. The van der Waals surface area contributed by atoms with Gasteiger partial charge in [-0.05, 0) is 58.3 Å². The SMILES string of the molecule is CCN(CCCN(CC)CC(O)(CC)CC)CC(O)(CC)CC. The minimum Gasteiger partial charge on any atom is -0.389 e. The largest absolute Gasteiger partial charge is 0.389 e. The zero-order valence-electron chi connectivity index (χ0n) is 16.6. The fourth-order valence-electron chi connectivity index (χ4n) is 3.00. The maximum atomic E-state index is 10.5. The van der Waals surface area contributed by atoms with E-state index in [9.17, 15) is 10.2 Å². The van der Waals surface area contributed by atoms with E-state index in [2.05, 4.69) is 51.3 Å². The van der Waals surface area contributed by atoms with E-state index < -0.39 is 11.2 Å². The number of hydrogen-bond donors (Lipinski definition) is 2. The van der Waals surface area contributed by atoms with Crippen molar-refractivity contribution < 1.29 is 10.2 Å². The van der Waals surface area contributed by atoms with Gasteiger partial charge in [0.2, 0.25) is 0 Å². The molecule has 0 bridgehead atoms. The molecule has 0 fully saturated rings. The quantitative estimate of drug-likeness (QED) is 0.514. The molecule has 4 nitrogen and oxygen atoms in total. The topological polar surface area (TPSA) is 46.9 Å². The Morgan fingerprint density at radius 3 is 1.13 bits per heavy atom. The number of likely N-dealkylation sites (N-methyl/N-ethyl adjacent to an activating group) is 2. The summed E-state index contributed by atoms with van der Waals surface area (Å²) >= 11 is 0. The Hall–Kier alpha value is -0.160. The first-order chi connectivity index (χ1) is 10.8. The number of nitrogens with zero attached hydrogens (tertiary/aromatic N) is 2. The first-order valence-corrected chi connectivity index (χ1v) is 9.71. The number of hydrogen-bond acceptors (Lipinski definition) is 4. The smallest absolute Gasteiger partial charge is 0.0768 e. The number of aliphatic hydroxyl groups is 2. The van der Waals surface area contributed by atoms with Crippen LogP contribution in [0.3, 0.4) is 0 Å². The van der Waals surface area contributed by atoms with Crippen molar-refractivity contribution >= 4 is 0 Å². The summed E-state index contributed by atoms with van der Waals surface area (Å²) in [5, 5.41) is 21.0. The van der Waals surface area contributed by atoms with Crippen molar-refractivity contribution in [2.75, 3.05) is 39.3 Å². The third-order valence-corrected chi connectivity index (χ3v) is 5.51. The van der Waals surface area contributed by atoms with Crippen molar-refractivity contribution in [3.05, 3.63) is 0 Å². The third-order valence-electron chi connectivity index (χ3n) is 5.51. The van der Waals surface area contributed by atoms with Gasteiger partial charge in [0.05, 0.1) is 11.2 Å². The Morgan fingerprint density at radius 1 is 0.609 bits per heavy atom. The lowest BCUT2D eigenvalue weighted by Crippen LogP contribution is -2.45. The van der Waals surface area contributed by atoms with Gasteiger partial charge < -0.3 is 20.0 Å². The summed E-state index contributed by atoms with van der Waals surface area (Å²) < 4.78 is 0. The fraction of sp³-hybridized carbons (Fsp3) is 1.00. The Kier molecular flexibility index (Phi) is 11.3. The van der Waals surface area contributed by atoms with Gasteiger partial charge >= 0.3 is 0 Å². The van der Waals surface area contributed by atoms with E-state index in [1.807, 2.05) is 0 Å². The van der Waals surface area contributed by atoms with E-state index in [-0.39, 0.29) is 0 Å². The summed E-state index contributed by atoms with van der Waals surface area (Å²) in [4.78, 5) is 4.71. The Bertz CT molecular complexity index is 261. The first kappa shape index (κ1) is 22.8. The molecule has 0 aliphatic rings. The Balaban J connectivity index is 4.36. The molecule has 0 spiro atoms. The lowest BCUT2D eigenvalue weighted by molar-refractivity contribution is -0.00886. The van der Waals surface area contributed by atoms with Gasteiger partial charge in [0, 0.05) is 13.1 Å². The molecule has 0 rings (SSSR count). The highest BCUT2D eigenvalue weighted by Gasteiger charge is 2.26. The highest BCUT2D eigenvalue weighted by molar-refractivity contribution is 4.81. The molecule has 140 valence electrons. The second-order valence-corrected chi connectivity index (χ2v) is 6.95. The molecule has 0 saturated heterocycles. The van der Waals surface area contributed by atoms with Crippen LogP contribution >= 0.6 is 0 Å². The monoisotopic (exact) mass is 330 g/mol. The zero-order valence-corrected chi connectivity index (χ0v) is 16.6. The molecule has 0 aliphatic heterocycles. The molecule has 0 heterocycles. The van der Waals surface area contributed by atoms with Crippen LogP contribution in [0.25, 0.3) is 0 Å². The van der Waals surface area contributed by atoms with Gasteiger partial charge in [0.15, 0.2) is 0 Å². The molecule has 0 amide bonds. The van der Waals surface area contributed by atoms with E-state index in [0.29, 0.717) is 0 Å². The molecule has 2 N–H and O–H groups in total. The second kappa shape index (κ2) is 11.4. The van der Waals surface area contributed by atoms with E-state index in [4.69, 9.17) is 0 Å². The summed E-state index contributed by atoms with van der Waals surface area (Å²) in [6.45, 7) is 18.1. The average molecular weight is 331 g/mol. The molecule has 0 aromatic rings. The van der Waals surface area contributed by atoms with Crippen molar-refractivity contribution in [3.8, 4) is 0 Å². The summed E-state index contributed by atoms with van der Waals surface area (Å²) in [6.07, 6.45) is 4.30. The number of rotatable bonds is 14. The van der Waals surface area contributed by atoms with Crippen LogP contribution in [-0.2, 0) is 0 Å². The summed E-state index contributed by atoms with van der Waals surface area (Å²) in [5.74, 6) is 0. The molecule has 0 unspecified atom stereocenters. The predicted molar refractivity (Wildman–Crippen MR) is 99.9 cm³/mol. The molecule has 0 aromatic carbocycles. The molecule has 0 aliphatic carbocycles. The Morgan fingerprint density at radius 2 is 0.913 bits per heavy atom. The molecule has 0 atom stereocenters. The van der Waals surface area contributed by atoms with Crippen molar-refractivity contribution in [2.24, 2.45) is 0 Å². The van der Waals surface area contributed by atoms with Crippen LogP contribution in [0, 0.1) is 0 Å². The van der Waals surface area contributed by atoms with Crippen LogP contribution in [0.15, 0.2) is 0 Å². The van der Waals surface area contributed by atoms with Crippen LogP contribution in [0.4, 0.5) is 0 Å². The van der Waals surface area contributed by atoms with Gasteiger partial charge in [-0.15, -0.1) is 0 Å². The van der Waals surface area contributed by atoms with Gasteiger partial charge in [0.25, 0.3) is 0 Å². The normalized spacial score (nSPS) is 13.3. The van der Waals surface area contributed by atoms with Crippen molar-refractivity contribution in [1.29, 1.82) is 0 Å². The molecular weight excluding hydrogens is 288 g/mol. The Labute approximate surface area is 144 Å². The van der Waals surface area contributed by atoms with Gasteiger partial charge in [-0.1, -0.05) is 41.5 Å². The second-order valence-electron chi connectivity index (χ2n) is 6.95.